The number of rotatable bonds is 2. The third kappa shape index (κ3) is 2.82. The molecule has 0 saturated heterocycles. The van der Waals surface area contributed by atoms with Crippen LogP contribution in [0, 0.1) is 11.3 Å². The van der Waals surface area contributed by atoms with Crippen molar-refractivity contribution in [2.75, 3.05) is 0 Å². The van der Waals surface area contributed by atoms with Crippen LogP contribution < -0.4 is 5.32 Å². The van der Waals surface area contributed by atoms with Crippen molar-refractivity contribution in [3.8, 4) is 0 Å². The lowest BCUT2D eigenvalue weighted by Crippen LogP contribution is -2.32. The Kier molecular flexibility index (Phi) is 2.98. The summed E-state index contributed by atoms with van der Waals surface area (Å²) in [4.78, 5) is 15.9. The van der Waals surface area contributed by atoms with E-state index in [0.29, 0.717) is 0 Å². The first-order valence-corrected chi connectivity index (χ1v) is 5.17. The normalized spacial score (nSPS) is 22.6. The van der Waals surface area contributed by atoms with E-state index in [1.165, 1.54) is 0 Å². The van der Waals surface area contributed by atoms with E-state index >= 15 is 0 Å². The van der Waals surface area contributed by atoms with Crippen LogP contribution in [0.25, 0.3) is 0 Å². The zero-order chi connectivity index (χ0) is 10.9. The van der Waals surface area contributed by atoms with Crippen LogP contribution in [0.15, 0.2) is 4.99 Å². The molecule has 1 atom stereocenters. The summed E-state index contributed by atoms with van der Waals surface area (Å²) in [5.41, 5.74) is 0.179. The number of hydrogen-bond donors (Lipinski definition) is 1. The van der Waals surface area contributed by atoms with Crippen LogP contribution in [0.4, 0.5) is 0 Å². The fourth-order valence-corrected chi connectivity index (χ4v) is 1.52. The molecule has 1 amide bonds. The van der Waals surface area contributed by atoms with Crippen molar-refractivity contribution in [2.45, 2.75) is 47.1 Å². The molecule has 80 valence electrons. The lowest BCUT2D eigenvalue weighted by atomic mass is 9.92. The van der Waals surface area contributed by atoms with E-state index in [2.05, 4.69) is 31.1 Å². The van der Waals surface area contributed by atoms with E-state index in [1.807, 2.05) is 13.8 Å². The molecule has 0 aromatic carbocycles. The third-order valence-electron chi connectivity index (χ3n) is 2.16. The molecule has 1 aliphatic rings. The van der Waals surface area contributed by atoms with Gasteiger partial charge in [0, 0.05) is 6.42 Å². The summed E-state index contributed by atoms with van der Waals surface area (Å²) in [5.74, 6) is 1.19. The Hall–Kier alpha value is -0.860. The minimum atomic E-state index is -0.174. The van der Waals surface area contributed by atoms with Gasteiger partial charge < -0.3 is 5.32 Å². The Morgan fingerprint density at radius 3 is 2.36 bits per heavy atom. The van der Waals surface area contributed by atoms with Gasteiger partial charge in [0.2, 0.25) is 5.91 Å². The van der Waals surface area contributed by atoms with Gasteiger partial charge in [-0.25, -0.2) is 0 Å². The highest BCUT2D eigenvalue weighted by atomic mass is 16.2. The maximum Gasteiger partial charge on any atom is 0.250 e. The minimum absolute atomic E-state index is 0.0549. The molecule has 3 nitrogen and oxygen atoms in total. The zero-order valence-electron chi connectivity index (χ0n) is 9.72. The highest BCUT2D eigenvalue weighted by Gasteiger charge is 2.30. The molecular formula is C11H20N2O. The van der Waals surface area contributed by atoms with Crippen LogP contribution in [0.2, 0.25) is 0 Å². The number of carbonyl (C=O) groups is 1. The molecule has 0 bridgehead atoms. The molecule has 0 fully saturated rings. The first-order chi connectivity index (χ1) is 6.29. The van der Waals surface area contributed by atoms with E-state index in [-0.39, 0.29) is 23.3 Å². The molecule has 14 heavy (non-hydrogen) atoms. The topological polar surface area (TPSA) is 41.5 Å². The fourth-order valence-electron chi connectivity index (χ4n) is 1.52. The van der Waals surface area contributed by atoms with Gasteiger partial charge in [-0.15, -0.1) is 0 Å². The number of nitrogens with one attached hydrogen (secondary N) is 1. The molecule has 0 radical (unpaired) electrons. The van der Waals surface area contributed by atoms with E-state index < -0.39 is 0 Å². The maximum absolute atomic E-state index is 11.5. The minimum Gasteiger partial charge on any atom is -0.313 e. The molecular weight excluding hydrogens is 176 g/mol. The number of nitrogens with zero attached hydrogens (tertiary/aromatic N) is 1. The largest absolute Gasteiger partial charge is 0.313 e. The average molecular weight is 196 g/mol. The Morgan fingerprint density at radius 1 is 1.43 bits per heavy atom. The highest BCUT2D eigenvalue weighted by molar-refractivity contribution is 6.06. The van der Waals surface area contributed by atoms with E-state index in [9.17, 15) is 4.79 Å². The lowest BCUT2D eigenvalue weighted by molar-refractivity contribution is -0.120. The zero-order valence-corrected chi connectivity index (χ0v) is 9.72. The van der Waals surface area contributed by atoms with Crippen LogP contribution >= 0.6 is 0 Å². The van der Waals surface area contributed by atoms with Crippen molar-refractivity contribution < 1.29 is 4.79 Å². The van der Waals surface area contributed by atoms with E-state index in [0.717, 1.165) is 12.3 Å². The van der Waals surface area contributed by atoms with Gasteiger partial charge in [0.25, 0.3) is 0 Å². The maximum atomic E-state index is 11.5. The van der Waals surface area contributed by atoms with Gasteiger partial charge in [-0.3, -0.25) is 9.79 Å². The van der Waals surface area contributed by atoms with Gasteiger partial charge in [-0.1, -0.05) is 34.6 Å². The monoisotopic (exact) mass is 196 g/mol. The summed E-state index contributed by atoms with van der Waals surface area (Å²) in [7, 11) is 0. The molecule has 1 aliphatic heterocycles. The smallest absolute Gasteiger partial charge is 0.250 e. The molecule has 1 unspecified atom stereocenters. The van der Waals surface area contributed by atoms with Crippen molar-refractivity contribution in [2.24, 2.45) is 16.3 Å². The summed E-state index contributed by atoms with van der Waals surface area (Å²) in [6, 6.07) is -0.174. The second-order valence-electron chi connectivity index (χ2n) is 5.49. The molecule has 0 spiro atoms. The summed E-state index contributed by atoms with van der Waals surface area (Å²) < 4.78 is 0. The number of carbonyl (C=O) groups excluding carboxylic acids is 1. The summed E-state index contributed by atoms with van der Waals surface area (Å²) in [5, 5.41) is 2.85. The molecule has 0 aromatic rings. The molecule has 0 aromatic heterocycles. The van der Waals surface area contributed by atoms with Gasteiger partial charge >= 0.3 is 0 Å². The van der Waals surface area contributed by atoms with Gasteiger partial charge in [0.05, 0.1) is 0 Å². The predicted molar refractivity (Wildman–Crippen MR) is 58.3 cm³/mol. The summed E-state index contributed by atoms with van der Waals surface area (Å²) in [6.07, 6.45) is 0.835. The van der Waals surface area contributed by atoms with Crippen LogP contribution in [-0.4, -0.2) is 17.8 Å². The molecule has 3 heteroatoms. The molecule has 1 rings (SSSR count). The molecule has 1 heterocycles. The predicted octanol–water partition coefficient (Wildman–Crippen LogP) is 1.98. The van der Waals surface area contributed by atoms with Crippen LogP contribution in [0.1, 0.15) is 41.0 Å². The summed E-state index contributed by atoms with van der Waals surface area (Å²) >= 11 is 0. The number of hydrogen-bond acceptors (Lipinski definition) is 2. The van der Waals surface area contributed by atoms with Crippen molar-refractivity contribution in [1.29, 1.82) is 0 Å². The average Bonchev–Trinajstić information content (AvgIpc) is 2.26. The van der Waals surface area contributed by atoms with E-state index in [1.54, 1.807) is 0 Å². The summed E-state index contributed by atoms with van der Waals surface area (Å²) in [6.45, 7) is 10.5. The van der Waals surface area contributed by atoms with Gasteiger partial charge in [-0.2, -0.15) is 0 Å². The Bertz CT molecular complexity index is 261. The van der Waals surface area contributed by atoms with Crippen molar-refractivity contribution in [3.63, 3.8) is 0 Å². The van der Waals surface area contributed by atoms with Crippen LogP contribution in [0.5, 0.6) is 0 Å². The Labute approximate surface area is 86.0 Å². The quantitative estimate of drug-likeness (QED) is 0.721. The SMILES string of the molecule is CC(C)C1N=C(CC(C)(C)C)NC1=O. The lowest BCUT2D eigenvalue weighted by Gasteiger charge is -2.17. The van der Waals surface area contributed by atoms with Gasteiger partial charge in [-0.05, 0) is 11.3 Å². The number of amidine groups is 1. The second kappa shape index (κ2) is 3.71. The molecule has 0 aliphatic carbocycles. The van der Waals surface area contributed by atoms with Crippen LogP contribution in [0.3, 0.4) is 0 Å². The van der Waals surface area contributed by atoms with Crippen LogP contribution in [-0.2, 0) is 4.79 Å². The molecule has 0 saturated carbocycles. The van der Waals surface area contributed by atoms with Gasteiger partial charge in [0.1, 0.15) is 11.9 Å². The first-order valence-electron chi connectivity index (χ1n) is 5.17. The number of amides is 1. The van der Waals surface area contributed by atoms with Gasteiger partial charge in [0.15, 0.2) is 0 Å². The van der Waals surface area contributed by atoms with E-state index in [4.69, 9.17) is 0 Å². The van der Waals surface area contributed by atoms with Crippen molar-refractivity contribution in [1.82, 2.24) is 5.32 Å². The third-order valence-corrected chi connectivity index (χ3v) is 2.16. The first kappa shape index (κ1) is 11.2. The highest BCUT2D eigenvalue weighted by Crippen LogP contribution is 2.21. The number of aliphatic imine (C=N–C) groups is 1. The Balaban J connectivity index is 2.67. The van der Waals surface area contributed by atoms with Crippen molar-refractivity contribution >= 4 is 11.7 Å². The van der Waals surface area contributed by atoms with Crippen molar-refractivity contribution in [3.05, 3.63) is 0 Å². The second-order valence-corrected chi connectivity index (χ2v) is 5.49. The standard InChI is InChI=1S/C11H20N2O/c1-7(2)9-10(14)13-8(12-9)6-11(3,4)5/h7,9H,6H2,1-5H3,(H,12,13,14). The molecule has 1 N–H and O–H groups in total. The Morgan fingerprint density at radius 2 is 2.00 bits per heavy atom. The fraction of sp³-hybridized carbons (Fsp3) is 0.818.